The van der Waals surface area contributed by atoms with E-state index in [0.29, 0.717) is 42.4 Å². The molecule has 0 aliphatic heterocycles. The normalized spacial score (nSPS) is 12.3. The fraction of sp³-hybridized carbons (Fsp3) is 0.568. The monoisotopic (exact) mass is 767 g/mol. The lowest BCUT2D eigenvalue weighted by molar-refractivity contribution is -0.139. The molecule has 1 unspecified atom stereocenters. The zero-order valence-electron chi connectivity index (χ0n) is 32.3. The van der Waals surface area contributed by atoms with E-state index in [2.05, 4.69) is 56.0 Å². The van der Waals surface area contributed by atoms with Gasteiger partial charge in [0, 0.05) is 50.8 Å². The Balaban J connectivity index is 1.39. The van der Waals surface area contributed by atoms with Crippen LogP contribution in [0, 0.1) is 10.8 Å². The third-order valence-electron chi connectivity index (χ3n) is 8.84. The number of hydrogen-bond acceptors (Lipinski definition) is 13. The number of fused-ring (bicyclic) bond motifs is 1. The Morgan fingerprint density at radius 1 is 1.02 bits per heavy atom. The number of nitrogens with zero attached hydrogens (tertiary/aromatic N) is 5. The quantitative estimate of drug-likeness (QED) is 0.0410. The minimum absolute atomic E-state index is 0.0169. The van der Waals surface area contributed by atoms with Crippen LogP contribution in [0.5, 0.6) is 0 Å². The molecule has 0 radical (unpaired) electrons. The third-order valence-corrected chi connectivity index (χ3v) is 9.54. The van der Waals surface area contributed by atoms with Gasteiger partial charge in [0.1, 0.15) is 6.04 Å². The average Bonchev–Trinajstić information content (AvgIpc) is 3.11. The van der Waals surface area contributed by atoms with Crippen LogP contribution >= 0.6 is 11.8 Å². The van der Waals surface area contributed by atoms with Gasteiger partial charge in [0.2, 0.25) is 11.9 Å². The van der Waals surface area contributed by atoms with Crippen LogP contribution in [0.2, 0.25) is 0 Å². The Bertz CT molecular complexity index is 1720. The molecule has 0 aliphatic rings. The van der Waals surface area contributed by atoms with E-state index in [1.54, 1.807) is 42.2 Å². The van der Waals surface area contributed by atoms with Gasteiger partial charge in [-0.3, -0.25) is 15.0 Å². The Labute approximate surface area is 321 Å². The van der Waals surface area contributed by atoms with E-state index in [0.717, 1.165) is 50.1 Å². The van der Waals surface area contributed by atoms with Crippen LogP contribution in [-0.4, -0.2) is 99.1 Å². The summed E-state index contributed by atoms with van der Waals surface area (Å²) in [5.41, 5.74) is 13.3. The van der Waals surface area contributed by atoms with Gasteiger partial charge in [0.15, 0.2) is 17.0 Å². The molecule has 0 bridgehead atoms. The van der Waals surface area contributed by atoms with Gasteiger partial charge in [0.25, 0.3) is 5.91 Å². The summed E-state index contributed by atoms with van der Waals surface area (Å²) in [6, 6.07) is 5.43. The smallest absolute Gasteiger partial charge is 0.326 e. The maximum atomic E-state index is 13.0. The van der Waals surface area contributed by atoms with Gasteiger partial charge in [-0.25, -0.2) is 14.8 Å². The number of nitrogen functional groups attached to an aromatic ring is 2. The molecule has 0 fully saturated rings. The number of nitrogens with one attached hydrogen (secondary N) is 4. The lowest BCUT2D eigenvalue weighted by atomic mass is 9.89. The number of anilines is 3. The number of aromatic nitrogens is 4. The minimum atomic E-state index is -1.24. The predicted octanol–water partition coefficient (Wildman–Crippen LogP) is 4.00. The zero-order chi connectivity index (χ0) is 39.9. The summed E-state index contributed by atoms with van der Waals surface area (Å²) < 4.78 is 6.18. The van der Waals surface area contributed by atoms with Gasteiger partial charge < -0.3 is 42.2 Å². The zero-order valence-corrected chi connectivity index (χ0v) is 33.1. The molecule has 9 N–H and O–H groups in total. The number of nitrogens with two attached hydrogens (primary N) is 2. The number of amides is 2. The standard InChI is InChI=1S/C37H57N11O5S/c1-36(2,17-19-53-37(3,4)16-8-18-41-28(38)9-7-20-54-6)23-43-29(49)15-14-27(34(51)52)45-33(50)24-10-12-26(13-11-24)48(5)22-25-21-42-32-30(44-25)31(39)46-35(40)47-32/h10-13,21,27H,7-9,14-20,22-23H2,1-6H3,(H2,38,41)(H,43,49)(H,45,50)(H,51,52)(H4,39,40,42,46,47). The number of hydrogen-bond donors (Lipinski definition) is 7. The van der Waals surface area contributed by atoms with E-state index in [4.69, 9.17) is 21.6 Å². The third kappa shape index (κ3) is 14.9. The van der Waals surface area contributed by atoms with Gasteiger partial charge in [-0.1, -0.05) is 13.8 Å². The van der Waals surface area contributed by atoms with E-state index in [1.807, 2.05) is 25.8 Å². The molecule has 17 heteroatoms. The minimum Gasteiger partial charge on any atom is -0.480 e. The second-order valence-electron chi connectivity index (χ2n) is 14.7. The largest absolute Gasteiger partial charge is 0.480 e. The molecule has 2 heterocycles. The molecule has 16 nitrogen and oxygen atoms in total. The van der Waals surface area contributed by atoms with Gasteiger partial charge in [-0.05, 0) is 87.6 Å². The van der Waals surface area contributed by atoms with Crippen LogP contribution in [0.4, 0.5) is 17.5 Å². The molecule has 0 spiro atoms. The molecule has 54 heavy (non-hydrogen) atoms. The van der Waals surface area contributed by atoms with Crippen molar-refractivity contribution in [2.75, 3.05) is 55.1 Å². The first-order valence-corrected chi connectivity index (χ1v) is 19.5. The summed E-state index contributed by atoms with van der Waals surface area (Å²) in [4.78, 5) is 56.3. The first kappa shape index (κ1) is 43.6. The Hall–Kier alpha value is -4.77. The molecule has 296 valence electrons. The fourth-order valence-corrected chi connectivity index (χ4v) is 5.89. The van der Waals surface area contributed by atoms with E-state index in [9.17, 15) is 19.5 Å². The maximum absolute atomic E-state index is 13.0. The van der Waals surface area contributed by atoms with E-state index in [1.165, 1.54) is 0 Å². The lowest BCUT2D eigenvalue weighted by Gasteiger charge is -2.30. The topological polar surface area (TPSA) is 247 Å². The number of benzene rings is 1. The number of thioether (sulfide) groups is 1. The molecule has 1 aromatic carbocycles. The molecule has 1 atom stereocenters. The van der Waals surface area contributed by atoms with Crippen molar-refractivity contribution in [1.82, 2.24) is 35.9 Å². The van der Waals surface area contributed by atoms with Crippen molar-refractivity contribution < 1.29 is 24.2 Å². The van der Waals surface area contributed by atoms with Crippen molar-refractivity contribution >= 4 is 64.0 Å². The number of aliphatic carboxylic acids is 1. The SMILES string of the molecule is CSCCCC(=N)NCCCC(C)(C)OCCC(C)(C)CNC(=O)CCC(NC(=O)c1ccc(N(C)Cc2cnc3nc(N)nc(N)c3n2)cc1)C(=O)O. The summed E-state index contributed by atoms with van der Waals surface area (Å²) in [6.07, 6.45) is 7.77. The van der Waals surface area contributed by atoms with E-state index >= 15 is 0 Å². The second-order valence-corrected chi connectivity index (χ2v) is 15.7. The molecular formula is C37H57N11O5S. The number of carbonyl (C=O) groups excluding carboxylic acids is 2. The van der Waals surface area contributed by atoms with E-state index in [-0.39, 0.29) is 47.1 Å². The number of carboxylic acids is 1. The average molecular weight is 768 g/mol. The molecule has 0 saturated carbocycles. The summed E-state index contributed by atoms with van der Waals surface area (Å²) in [5.74, 6) is -0.277. The van der Waals surface area contributed by atoms with Gasteiger partial charge in [-0.15, -0.1) is 0 Å². The Kier molecular flexibility index (Phi) is 16.7. The van der Waals surface area contributed by atoms with Gasteiger partial charge >= 0.3 is 5.97 Å². The van der Waals surface area contributed by atoms with Crippen LogP contribution in [0.1, 0.15) is 88.7 Å². The number of ether oxygens (including phenoxy) is 1. The van der Waals surface area contributed by atoms with Crippen LogP contribution < -0.4 is 32.3 Å². The van der Waals surface area contributed by atoms with Crippen LogP contribution in [0.3, 0.4) is 0 Å². The number of rotatable bonds is 23. The highest BCUT2D eigenvalue weighted by atomic mass is 32.2. The first-order chi connectivity index (χ1) is 25.5. The number of carboxylic acid groups (broad SMARTS) is 1. The highest BCUT2D eigenvalue weighted by Gasteiger charge is 2.25. The predicted molar refractivity (Wildman–Crippen MR) is 215 cm³/mol. The summed E-state index contributed by atoms with van der Waals surface area (Å²) in [5, 5.41) is 26.4. The molecule has 0 saturated heterocycles. The summed E-state index contributed by atoms with van der Waals surface area (Å²) in [7, 11) is 1.84. The molecule has 3 aromatic rings. The molecule has 3 rings (SSSR count). The molecule has 2 aromatic heterocycles. The Morgan fingerprint density at radius 2 is 1.74 bits per heavy atom. The first-order valence-electron chi connectivity index (χ1n) is 18.1. The number of amidine groups is 1. The van der Waals surface area contributed by atoms with Crippen molar-refractivity contribution in [2.24, 2.45) is 5.41 Å². The Morgan fingerprint density at radius 3 is 2.43 bits per heavy atom. The summed E-state index contributed by atoms with van der Waals surface area (Å²) >= 11 is 1.79. The lowest BCUT2D eigenvalue weighted by Crippen LogP contribution is -2.42. The van der Waals surface area contributed by atoms with Crippen molar-refractivity contribution in [3.05, 3.63) is 41.7 Å². The molecule has 0 aliphatic carbocycles. The maximum Gasteiger partial charge on any atom is 0.326 e. The summed E-state index contributed by atoms with van der Waals surface area (Å²) in [6.45, 7) is 10.2. The van der Waals surface area contributed by atoms with Crippen LogP contribution in [0.25, 0.3) is 11.2 Å². The highest BCUT2D eigenvalue weighted by Crippen LogP contribution is 2.23. The van der Waals surface area contributed by atoms with Crippen molar-refractivity contribution in [2.45, 2.75) is 90.8 Å². The second kappa shape index (κ2) is 20.6. The fourth-order valence-electron chi connectivity index (χ4n) is 5.46. The van der Waals surface area contributed by atoms with E-state index < -0.39 is 17.9 Å². The highest BCUT2D eigenvalue weighted by molar-refractivity contribution is 7.98. The van der Waals surface area contributed by atoms with Crippen LogP contribution in [-0.2, 0) is 20.9 Å². The van der Waals surface area contributed by atoms with Gasteiger partial charge in [-0.2, -0.15) is 21.7 Å². The van der Waals surface area contributed by atoms with Gasteiger partial charge in [0.05, 0.1) is 29.9 Å². The van der Waals surface area contributed by atoms with Crippen molar-refractivity contribution in [3.8, 4) is 0 Å². The van der Waals surface area contributed by atoms with Crippen LogP contribution in [0.15, 0.2) is 30.5 Å². The van der Waals surface area contributed by atoms with Crippen molar-refractivity contribution in [1.29, 1.82) is 5.41 Å². The molecule has 2 amide bonds. The molecular weight excluding hydrogens is 711 g/mol. The number of carbonyl (C=O) groups is 3. The van der Waals surface area contributed by atoms with Crippen molar-refractivity contribution in [3.63, 3.8) is 0 Å².